The fraction of sp³-hybridized carbons (Fsp3) is 0.423. The first-order valence-electron chi connectivity index (χ1n) is 11.4. The van der Waals surface area contributed by atoms with Crippen LogP contribution in [-0.4, -0.2) is 55.5 Å². The number of ether oxygens (including phenoxy) is 1. The van der Waals surface area contributed by atoms with Crippen LogP contribution in [0.4, 0.5) is 0 Å². The maximum atomic E-state index is 12.8. The zero-order valence-electron chi connectivity index (χ0n) is 19.3. The highest BCUT2D eigenvalue weighted by molar-refractivity contribution is 5.94. The SMILES string of the molecule is CC(C)CC(OC(c1ccccc1)c1ccc(C(=O)N2CCNCC2)cc1)C(=O)NCC#N. The smallest absolute Gasteiger partial charge is 0.253 e. The van der Waals surface area contributed by atoms with Crippen molar-refractivity contribution in [3.05, 3.63) is 71.3 Å². The average Bonchev–Trinajstić information content (AvgIpc) is 2.85. The Morgan fingerprint density at radius 2 is 1.70 bits per heavy atom. The van der Waals surface area contributed by atoms with Crippen LogP contribution in [0.1, 0.15) is 47.9 Å². The predicted octanol–water partition coefficient (Wildman–Crippen LogP) is 2.89. The van der Waals surface area contributed by atoms with E-state index in [0.29, 0.717) is 25.1 Å². The molecule has 0 aliphatic carbocycles. The zero-order chi connectivity index (χ0) is 23.6. The summed E-state index contributed by atoms with van der Waals surface area (Å²) in [6.07, 6.45) is -0.656. The van der Waals surface area contributed by atoms with Crippen molar-refractivity contribution in [2.75, 3.05) is 32.7 Å². The summed E-state index contributed by atoms with van der Waals surface area (Å²) in [5.74, 6) is -0.0382. The largest absolute Gasteiger partial charge is 0.356 e. The quantitative estimate of drug-likeness (QED) is 0.575. The molecule has 1 aliphatic heterocycles. The van der Waals surface area contributed by atoms with Crippen LogP contribution < -0.4 is 10.6 Å². The third-order valence-electron chi connectivity index (χ3n) is 5.59. The Balaban J connectivity index is 1.85. The Morgan fingerprint density at radius 3 is 2.30 bits per heavy atom. The number of nitrogens with one attached hydrogen (secondary N) is 2. The van der Waals surface area contributed by atoms with E-state index in [4.69, 9.17) is 10.00 Å². The van der Waals surface area contributed by atoms with Gasteiger partial charge in [-0.05, 0) is 35.6 Å². The van der Waals surface area contributed by atoms with Gasteiger partial charge in [0, 0.05) is 31.7 Å². The van der Waals surface area contributed by atoms with E-state index in [0.717, 1.165) is 24.2 Å². The second kappa shape index (κ2) is 12.1. The van der Waals surface area contributed by atoms with Crippen molar-refractivity contribution in [2.45, 2.75) is 32.5 Å². The van der Waals surface area contributed by atoms with E-state index < -0.39 is 12.2 Å². The molecule has 1 fully saturated rings. The summed E-state index contributed by atoms with van der Waals surface area (Å²) in [7, 11) is 0. The maximum Gasteiger partial charge on any atom is 0.253 e. The first-order valence-corrected chi connectivity index (χ1v) is 11.4. The molecule has 1 aliphatic rings. The monoisotopic (exact) mass is 448 g/mol. The van der Waals surface area contributed by atoms with Gasteiger partial charge in [0.1, 0.15) is 18.8 Å². The number of amides is 2. The van der Waals surface area contributed by atoms with Crippen molar-refractivity contribution in [2.24, 2.45) is 5.92 Å². The highest BCUT2D eigenvalue weighted by atomic mass is 16.5. The van der Waals surface area contributed by atoms with Gasteiger partial charge >= 0.3 is 0 Å². The summed E-state index contributed by atoms with van der Waals surface area (Å²) in [5.41, 5.74) is 2.42. The molecule has 2 unspecified atom stereocenters. The molecular formula is C26H32N4O3. The molecule has 0 bridgehead atoms. The number of nitrogens with zero attached hydrogens (tertiary/aromatic N) is 2. The second-order valence-corrected chi connectivity index (χ2v) is 8.59. The fourth-order valence-corrected chi connectivity index (χ4v) is 3.89. The highest BCUT2D eigenvalue weighted by Crippen LogP contribution is 2.29. The molecule has 2 aromatic rings. The van der Waals surface area contributed by atoms with E-state index in [2.05, 4.69) is 10.6 Å². The van der Waals surface area contributed by atoms with Crippen molar-refractivity contribution < 1.29 is 14.3 Å². The molecule has 7 nitrogen and oxygen atoms in total. The minimum Gasteiger partial charge on any atom is -0.356 e. The number of rotatable bonds is 9. The van der Waals surface area contributed by atoms with Crippen LogP contribution in [-0.2, 0) is 9.53 Å². The molecule has 0 spiro atoms. The number of carbonyl (C=O) groups excluding carboxylic acids is 2. The second-order valence-electron chi connectivity index (χ2n) is 8.59. The molecule has 7 heteroatoms. The molecule has 0 radical (unpaired) electrons. The summed E-state index contributed by atoms with van der Waals surface area (Å²) in [6, 6.07) is 19.1. The van der Waals surface area contributed by atoms with Crippen molar-refractivity contribution >= 4 is 11.8 Å². The van der Waals surface area contributed by atoms with E-state index in [-0.39, 0.29) is 24.3 Å². The van der Waals surface area contributed by atoms with Crippen LogP contribution in [0.3, 0.4) is 0 Å². The van der Waals surface area contributed by atoms with Gasteiger partial charge < -0.3 is 20.3 Å². The molecule has 2 N–H and O–H groups in total. The zero-order valence-corrected chi connectivity index (χ0v) is 19.3. The molecule has 2 aromatic carbocycles. The number of hydrogen-bond acceptors (Lipinski definition) is 5. The van der Waals surface area contributed by atoms with Crippen molar-refractivity contribution in [1.82, 2.24) is 15.5 Å². The van der Waals surface area contributed by atoms with Crippen molar-refractivity contribution in [1.29, 1.82) is 5.26 Å². The molecule has 3 rings (SSSR count). The van der Waals surface area contributed by atoms with Crippen LogP contribution in [0.25, 0.3) is 0 Å². The number of benzene rings is 2. The summed E-state index contributed by atoms with van der Waals surface area (Å²) in [5, 5.41) is 14.7. The molecule has 2 amide bonds. The summed E-state index contributed by atoms with van der Waals surface area (Å²) < 4.78 is 6.38. The Bertz CT molecular complexity index is 948. The standard InChI is InChI=1S/C26H32N4O3/c1-19(2)18-23(25(31)29-13-12-27)33-24(20-6-4-3-5-7-20)21-8-10-22(11-9-21)26(32)30-16-14-28-15-17-30/h3-11,19,23-24,28H,13-18H2,1-2H3,(H,29,31). The molecular weight excluding hydrogens is 416 g/mol. The third kappa shape index (κ3) is 6.88. The van der Waals surface area contributed by atoms with Crippen molar-refractivity contribution in [3.8, 4) is 6.07 Å². The minimum absolute atomic E-state index is 0.0220. The lowest BCUT2D eigenvalue weighted by atomic mass is 9.98. The topological polar surface area (TPSA) is 94.5 Å². The van der Waals surface area contributed by atoms with E-state index in [9.17, 15) is 9.59 Å². The lowest BCUT2D eigenvalue weighted by Crippen LogP contribution is -2.46. The first kappa shape index (κ1) is 24.4. The lowest BCUT2D eigenvalue weighted by Gasteiger charge is -2.28. The number of hydrogen-bond donors (Lipinski definition) is 2. The Hall–Kier alpha value is -3.21. The molecule has 174 valence electrons. The minimum atomic E-state index is -0.703. The third-order valence-corrected chi connectivity index (χ3v) is 5.59. The van der Waals surface area contributed by atoms with E-state index in [1.807, 2.05) is 79.4 Å². The number of nitriles is 1. The molecule has 33 heavy (non-hydrogen) atoms. The summed E-state index contributed by atoms with van der Waals surface area (Å²) in [4.78, 5) is 27.4. The summed E-state index contributed by atoms with van der Waals surface area (Å²) >= 11 is 0. The van der Waals surface area contributed by atoms with Gasteiger partial charge in [0.15, 0.2) is 0 Å². The Morgan fingerprint density at radius 1 is 1.06 bits per heavy atom. The van der Waals surface area contributed by atoms with E-state index in [1.165, 1.54) is 0 Å². The molecule has 0 aromatic heterocycles. The average molecular weight is 449 g/mol. The number of carbonyl (C=O) groups is 2. The van der Waals surface area contributed by atoms with Crippen LogP contribution in [0, 0.1) is 17.2 Å². The van der Waals surface area contributed by atoms with Crippen LogP contribution in [0.5, 0.6) is 0 Å². The predicted molar refractivity (Wildman–Crippen MR) is 126 cm³/mol. The summed E-state index contributed by atoms with van der Waals surface area (Å²) in [6.45, 7) is 7.01. The highest BCUT2D eigenvalue weighted by Gasteiger charge is 2.27. The fourth-order valence-electron chi connectivity index (χ4n) is 3.89. The molecule has 2 atom stereocenters. The van der Waals surface area contributed by atoms with Gasteiger partial charge in [0.2, 0.25) is 5.91 Å². The van der Waals surface area contributed by atoms with Gasteiger partial charge in [-0.25, -0.2) is 0 Å². The molecule has 1 heterocycles. The van der Waals surface area contributed by atoms with Gasteiger partial charge in [-0.2, -0.15) is 5.26 Å². The van der Waals surface area contributed by atoms with Crippen molar-refractivity contribution in [3.63, 3.8) is 0 Å². The van der Waals surface area contributed by atoms with Crippen LogP contribution >= 0.6 is 0 Å². The van der Waals surface area contributed by atoms with Gasteiger partial charge in [-0.3, -0.25) is 9.59 Å². The van der Waals surface area contributed by atoms with Gasteiger partial charge in [0.25, 0.3) is 5.91 Å². The molecule has 1 saturated heterocycles. The maximum absolute atomic E-state index is 12.8. The first-order chi connectivity index (χ1) is 16.0. The van der Waals surface area contributed by atoms with E-state index in [1.54, 1.807) is 0 Å². The normalized spacial score (nSPS) is 15.5. The van der Waals surface area contributed by atoms with Crippen LogP contribution in [0.2, 0.25) is 0 Å². The Kier molecular flexibility index (Phi) is 8.99. The van der Waals surface area contributed by atoms with E-state index >= 15 is 0 Å². The molecule has 0 saturated carbocycles. The van der Waals surface area contributed by atoms with Gasteiger partial charge in [-0.15, -0.1) is 0 Å². The Labute approximate surface area is 195 Å². The number of piperazine rings is 1. The lowest BCUT2D eigenvalue weighted by molar-refractivity contribution is -0.136. The van der Waals surface area contributed by atoms with Crippen LogP contribution in [0.15, 0.2) is 54.6 Å². The van der Waals surface area contributed by atoms with Gasteiger partial charge in [0.05, 0.1) is 6.07 Å². The van der Waals surface area contributed by atoms with Gasteiger partial charge in [-0.1, -0.05) is 56.3 Å².